The van der Waals surface area contributed by atoms with Crippen LogP contribution >= 0.6 is 27.7 Å². The number of aryl methyl sites for hydroxylation is 1. The van der Waals surface area contributed by atoms with Gasteiger partial charge in [-0.05, 0) is 53.0 Å². The van der Waals surface area contributed by atoms with Crippen molar-refractivity contribution in [3.63, 3.8) is 0 Å². The lowest BCUT2D eigenvalue weighted by Gasteiger charge is -2.29. The van der Waals surface area contributed by atoms with Gasteiger partial charge in [-0.1, -0.05) is 6.07 Å². The van der Waals surface area contributed by atoms with E-state index in [1.54, 1.807) is 10.7 Å². The molecule has 1 aromatic heterocycles. The molecule has 0 bridgehead atoms. The highest BCUT2D eigenvalue weighted by Crippen LogP contribution is 2.39. The molecular weight excluding hydrogens is 405 g/mol. The third-order valence-corrected chi connectivity index (χ3v) is 5.59. The van der Waals surface area contributed by atoms with Crippen LogP contribution in [0.15, 0.2) is 39.8 Å². The van der Waals surface area contributed by atoms with Crippen molar-refractivity contribution in [1.29, 1.82) is 0 Å². The summed E-state index contributed by atoms with van der Waals surface area (Å²) in [7, 11) is 1.85. The van der Waals surface area contributed by atoms with E-state index < -0.39 is 11.7 Å². The van der Waals surface area contributed by atoms with Gasteiger partial charge in [-0.2, -0.15) is 18.3 Å². The number of hydrogen-bond donors (Lipinski definition) is 0. The lowest BCUT2D eigenvalue weighted by Crippen LogP contribution is -2.23. The Kier molecular flexibility index (Phi) is 5.27. The van der Waals surface area contributed by atoms with E-state index in [-0.39, 0.29) is 11.4 Å². The number of halogens is 4. The standard InChI is InChI=1S/C16H16BrF3N2OS/c1-22-13(9-15(17)21-22)14-8-12(5-6-23-14)24-11-4-2-3-10(7-11)16(18,19)20/h2-4,7,9,12,14H,5-6,8H2,1H3. The monoisotopic (exact) mass is 420 g/mol. The molecular formula is C16H16BrF3N2OS. The van der Waals surface area contributed by atoms with Crippen molar-refractivity contribution in [3.05, 3.63) is 46.2 Å². The van der Waals surface area contributed by atoms with Gasteiger partial charge in [0.2, 0.25) is 0 Å². The van der Waals surface area contributed by atoms with E-state index in [0.29, 0.717) is 11.5 Å². The fourth-order valence-electron chi connectivity index (χ4n) is 2.76. The Morgan fingerprint density at radius 2 is 2.12 bits per heavy atom. The fraction of sp³-hybridized carbons (Fsp3) is 0.438. The summed E-state index contributed by atoms with van der Waals surface area (Å²) in [6.45, 7) is 0.587. The molecule has 1 aliphatic rings. The molecule has 8 heteroatoms. The van der Waals surface area contributed by atoms with E-state index in [2.05, 4.69) is 21.0 Å². The van der Waals surface area contributed by atoms with Gasteiger partial charge in [-0.25, -0.2) is 0 Å². The van der Waals surface area contributed by atoms with Crippen LogP contribution in [0.25, 0.3) is 0 Å². The first kappa shape index (κ1) is 17.8. The molecule has 24 heavy (non-hydrogen) atoms. The zero-order chi connectivity index (χ0) is 17.3. The third kappa shape index (κ3) is 4.15. The van der Waals surface area contributed by atoms with Gasteiger partial charge in [0, 0.05) is 23.8 Å². The van der Waals surface area contributed by atoms with Crippen molar-refractivity contribution in [1.82, 2.24) is 9.78 Å². The molecule has 2 aromatic rings. The molecule has 1 fully saturated rings. The van der Waals surface area contributed by atoms with Gasteiger partial charge in [0.1, 0.15) is 10.7 Å². The maximum absolute atomic E-state index is 12.8. The van der Waals surface area contributed by atoms with Gasteiger partial charge in [-0.15, -0.1) is 11.8 Å². The van der Waals surface area contributed by atoms with Crippen LogP contribution in [0.5, 0.6) is 0 Å². The largest absolute Gasteiger partial charge is 0.416 e. The summed E-state index contributed by atoms with van der Waals surface area (Å²) in [5, 5.41) is 4.46. The summed E-state index contributed by atoms with van der Waals surface area (Å²) in [4.78, 5) is 0.640. The molecule has 3 rings (SSSR count). The Morgan fingerprint density at radius 1 is 1.33 bits per heavy atom. The number of hydrogen-bond acceptors (Lipinski definition) is 3. The van der Waals surface area contributed by atoms with Gasteiger partial charge in [0.05, 0.1) is 11.3 Å². The minimum absolute atomic E-state index is 0.0918. The lowest BCUT2D eigenvalue weighted by molar-refractivity contribution is -0.137. The van der Waals surface area contributed by atoms with Gasteiger partial charge in [0.25, 0.3) is 0 Å². The normalized spacial score (nSPS) is 21.9. The van der Waals surface area contributed by atoms with Gasteiger partial charge in [-0.3, -0.25) is 4.68 Å². The van der Waals surface area contributed by atoms with Crippen LogP contribution in [0.2, 0.25) is 0 Å². The minimum Gasteiger partial charge on any atom is -0.372 e. The Hall–Kier alpha value is -0.990. The molecule has 0 aliphatic carbocycles. The third-order valence-electron chi connectivity index (χ3n) is 3.92. The first-order chi connectivity index (χ1) is 11.3. The van der Waals surface area contributed by atoms with Gasteiger partial charge in [0.15, 0.2) is 0 Å². The van der Waals surface area contributed by atoms with Crippen molar-refractivity contribution in [2.24, 2.45) is 7.05 Å². The average molecular weight is 421 g/mol. The Morgan fingerprint density at radius 3 is 2.79 bits per heavy atom. The number of rotatable bonds is 3. The smallest absolute Gasteiger partial charge is 0.372 e. The molecule has 2 unspecified atom stereocenters. The van der Waals surface area contributed by atoms with E-state index >= 15 is 0 Å². The topological polar surface area (TPSA) is 27.1 Å². The number of ether oxygens (including phenoxy) is 1. The van der Waals surface area contributed by atoms with Crippen molar-refractivity contribution >= 4 is 27.7 Å². The molecule has 1 saturated heterocycles. The van der Waals surface area contributed by atoms with Crippen LogP contribution in [0, 0.1) is 0 Å². The number of thioether (sulfide) groups is 1. The van der Waals surface area contributed by atoms with Gasteiger partial charge >= 0.3 is 6.18 Å². The molecule has 0 saturated carbocycles. The van der Waals surface area contributed by atoms with Gasteiger partial charge < -0.3 is 4.74 Å². The predicted molar refractivity (Wildman–Crippen MR) is 89.9 cm³/mol. The Balaban J connectivity index is 1.71. The second kappa shape index (κ2) is 7.09. The number of alkyl halides is 3. The average Bonchev–Trinajstić information content (AvgIpc) is 2.86. The molecule has 130 valence electrons. The van der Waals surface area contributed by atoms with Crippen molar-refractivity contribution in [3.8, 4) is 0 Å². The van der Waals surface area contributed by atoms with E-state index in [9.17, 15) is 13.2 Å². The molecule has 2 atom stereocenters. The van der Waals surface area contributed by atoms with Crippen LogP contribution in [0.4, 0.5) is 13.2 Å². The molecule has 0 spiro atoms. The Bertz CT molecular complexity index is 720. The molecule has 3 nitrogen and oxygen atoms in total. The summed E-state index contributed by atoms with van der Waals surface area (Å²) in [6.07, 6.45) is -2.84. The lowest BCUT2D eigenvalue weighted by atomic mass is 10.1. The summed E-state index contributed by atoms with van der Waals surface area (Å²) >= 11 is 4.83. The first-order valence-corrected chi connectivity index (χ1v) is 9.15. The highest BCUT2D eigenvalue weighted by molar-refractivity contribution is 9.10. The molecule has 2 heterocycles. The fourth-order valence-corrected chi connectivity index (χ4v) is 4.46. The summed E-state index contributed by atoms with van der Waals surface area (Å²) < 4.78 is 46.8. The van der Waals surface area contributed by atoms with Crippen molar-refractivity contribution < 1.29 is 17.9 Å². The van der Waals surface area contributed by atoms with Crippen LogP contribution in [-0.2, 0) is 18.0 Å². The summed E-state index contributed by atoms with van der Waals surface area (Å²) in [5.74, 6) is 0. The van der Waals surface area contributed by atoms with Crippen molar-refractivity contribution in [2.45, 2.75) is 35.3 Å². The molecule has 0 amide bonds. The van der Waals surface area contributed by atoms with Crippen LogP contribution < -0.4 is 0 Å². The second-order valence-electron chi connectivity index (χ2n) is 5.66. The predicted octanol–water partition coefficient (Wildman–Crippen LogP) is 5.21. The second-order valence-corrected chi connectivity index (χ2v) is 7.85. The zero-order valence-electron chi connectivity index (χ0n) is 12.9. The highest BCUT2D eigenvalue weighted by Gasteiger charge is 2.31. The number of aromatic nitrogens is 2. The van der Waals surface area contributed by atoms with E-state index in [4.69, 9.17) is 4.74 Å². The Labute approximate surface area is 150 Å². The minimum atomic E-state index is -4.31. The van der Waals surface area contributed by atoms with Crippen LogP contribution in [0.1, 0.15) is 30.2 Å². The maximum Gasteiger partial charge on any atom is 0.416 e. The zero-order valence-corrected chi connectivity index (χ0v) is 15.3. The quantitative estimate of drug-likeness (QED) is 0.681. The van der Waals surface area contributed by atoms with Crippen molar-refractivity contribution in [2.75, 3.05) is 6.61 Å². The first-order valence-electron chi connectivity index (χ1n) is 7.48. The number of nitrogens with zero attached hydrogens (tertiary/aromatic N) is 2. The SMILES string of the molecule is Cn1nc(Br)cc1C1CC(Sc2cccc(C(F)(F)F)c2)CCO1. The van der Waals surface area contributed by atoms with Crippen LogP contribution in [0.3, 0.4) is 0 Å². The van der Waals surface area contributed by atoms with Crippen LogP contribution in [-0.4, -0.2) is 21.6 Å². The molecule has 1 aliphatic heterocycles. The van der Waals surface area contributed by atoms with E-state index in [1.165, 1.54) is 23.9 Å². The summed E-state index contributed by atoms with van der Waals surface area (Å²) in [5.41, 5.74) is 0.364. The van der Waals surface area contributed by atoms with E-state index in [1.807, 2.05) is 13.1 Å². The maximum atomic E-state index is 12.8. The number of benzene rings is 1. The van der Waals surface area contributed by atoms with E-state index in [0.717, 1.165) is 29.2 Å². The summed E-state index contributed by atoms with van der Waals surface area (Å²) in [6, 6.07) is 7.42. The highest BCUT2D eigenvalue weighted by atomic mass is 79.9. The molecule has 0 N–H and O–H groups in total. The molecule has 0 radical (unpaired) electrons. The molecule has 1 aromatic carbocycles.